The molecule has 2 rings (SSSR count). The highest BCUT2D eigenvalue weighted by Gasteiger charge is 2.34. The van der Waals surface area contributed by atoms with Gasteiger partial charge in [0.25, 0.3) is 5.91 Å². The smallest absolute Gasteiger partial charge is 0.326 e. The molecule has 346 valence electrons. The third-order valence-corrected chi connectivity index (χ3v) is 10.6. The number of allylic oxidation sites excluding steroid dienone is 2. The molecule has 0 aliphatic carbocycles. The van der Waals surface area contributed by atoms with Crippen molar-refractivity contribution < 1.29 is 58.1 Å². The number of benzene rings is 1. The molecule has 1 heterocycles. The Hall–Kier alpha value is -6.37. The second-order valence-electron chi connectivity index (χ2n) is 16.1. The van der Waals surface area contributed by atoms with E-state index in [1.165, 1.54) is 33.9 Å². The van der Waals surface area contributed by atoms with Gasteiger partial charge in [-0.1, -0.05) is 88.4 Å². The number of nitrogens with zero attached hydrogens (tertiary/aromatic N) is 1. The molecule has 9 atom stereocenters. The van der Waals surface area contributed by atoms with Crippen LogP contribution in [-0.2, 0) is 54.3 Å². The lowest BCUT2D eigenvalue weighted by molar-refractivity contribution is -0.144. The number of carboxylic acid groups (broad SMARTS) is 2. The van der Waals surface area contributed by atoms with E-state index in [0.717, 1.165) is 16.0 Å². The van der Waals surface area contributed by atoms with Crippen molar-refractivity contribution in [2.45, 2.75) is 117 Å². The van der Waals surface area contributed by atoms with Gasteiger partial charge in [0.05, 0.1) is 24.5 Å². The second kappa shape index (κ2) is 24.9. The molecule has 1 aromatic carbocycles. The molecule has 1 saturated heterocycles. The molecule has 63 heavy (non-hydrogen) atoms. The number of amides is 7. The van der Waals surface area contributed by atoms with Crippen LogP contribution in [0, 0.1) is 17.8 Å². The highest BCUT2D eigenvalue weighted by Crippen LogP contribution is 2.18. The quantitative estimate of drug-likeness (QED) is 0.121. The summed E-state index contributed by atoms with van der Waals surface area (Å²) in [6.45, 7) is 14.6. The molecule has 1 aliphatic rings. The first-order valence-electron chi connectivity index (χ1n) is 20.6. The number of nitrogens with one attached hydrogen (secondary N) is 6. The summed E-state index contributed by atoms with van der Waals surface area (Å²) in [4.78, 5) is 118. The van der Waals surface area contributed by atoms with Crippen LogP contribution in [0.25, 0.3) is 0 Å². The number of hydrogen-bond donors (Lipinski definition) is 8. The van der Waals surface area contributed by atoms with E-state index < -0.39 is 126 Å². The van der Waals surface area contributed by atoms with Crippen LogP contribution in [0.2, 0.25) is 0 Å². The lowest BCUT2D eigenvalue weighted by Crippen LogP contribution is -2.57. The fourth-order valence-electron chi connectivity index (χ4n) is 6.43. The van der Waals surface area contributed by atoms with Crippen molar-refractivity contribution in [2.75, 3.05) is 14.2 Å². The van der Waals surface area contributed by atoms with Crippen molar-refractivity contribution in [2.24, 2.45) is 17.8 Å². The minimum Gasteiger partial charge on any atom is -0.480 e. The Morgan fingerprint density at radius 2 is 1.40 bits per heavy atom. The van der Waals surface area contributed by atoms with Crippen LogP contribution in [0.15, 0.2) is 66.4 Å². The van der Waals surface area contributed by atoms with Gasteiger partial charge in [-0.3, -0.25) is 33.6 Å². The normalized spacial score (nSPS) is 26.0. The predicted octanol–water partition coefficient (Wildman–Crippen LogP) is 0.949. The Labute approximate surface area is 367 Å². The van der Waals surface area contributed by atoms with Crippen molar-refractivity contribution in [1.82, 2.24) is 36.8 Å². The summed E-state index contributed by atoms with van der Waals surface area (Å²) in [5, 5.41) is 34.5. The molecular weight excluding hydrogens is 819 g/mol. The van der Waals surface area contributed by atoms with Gasteiger partial charge in [0, 0.05) is 26.5 Å². The van der Waals surface area contributed by atoms with E-state index in [-0.39, 0.29) is 12.0 Å². The zero-order valence-corrected chi connectivity index (χ0v) is 37.4. The number of methoxy groups -OCH3 is 1. The van der Waals surface area contributed by atoms with Crippen molar-refractivity contribution >= 4 is 53.3 Å². The summed E-state index contributed by atoms with van der Waals surface area (Å²) in [5.41, 5.74) is 1.42. The van der Waals surface area contributed by atoms with Gasteiger partial charge >= 0.3 is 11.9 Å². The van der Waals surface area contributed by atoms with Crippen LogP contribution < -0.4 is 31.9 Å². The maximum Gasteiger partial charge on any atom is 0.326 e. The Kier molecular flexibility index (Phi) is 20.9. The van der Waals surface area contributed by atoms with Gasteiger partial charge in [0.1, 0.15) is 35.9 Å². The van der Waals surface area contributed by atoms with Gasteiger partial charge in [-0.2, -0.15) is 0 Å². The molecule has 1 aromatic rings. The zero-order chi connectivity index (χ0) is 47.7. The van der Waals surface area contributed by atoms with Gasteiger partial charge in [-0.25, -0.2) is 9.59 Å². The Bertz CT molecular complexity index is 1920. The molecule has 19 nitrogen and oxygen atoms in total. The predicted molar refractivity (Wildman–Crippen MR) is 231 cm³/mol. The first kappa shape index (κ1) is 52.8. The van der Waals surface area contributed by atoms with Gasteiger partial charge in [0.15, 0.2) is 0 Å². The number of hydrogen-bond acceptors (Lipinski definition) is 10. The Morgan fingerprint density at radius 3 is 1.97 bits per heavy atom. The van der Waals surface area contributed by atoms with E-state index in [2.05, 4.69) is 38.5 Å². The fraction of sp³-hybridized carbons (Fsp3) is 0.523. The summed E-state index contributed by atoms with van der Waals surface area (Å²) < 4.78 is 5.77. The standard InChI is InChI=1S/C44H63N7O12/c1-23(2)37-42(58)49-33(44(61)62)22-35(52)45-27(6)39(55)47-31(17-16-24(3)20-25(4)34(63-10)21-30-14-12-11-13-15-30)26(5)38(54)48-32(43(59)60)18-19-36(53)51(9)29(8)41(57)46-28(7)40(56)50-37/h11-17,20,23,25-28,31-34,37H,8,18-19,21-22H2,1-7,9-10H3,(H,45,52)(H,46,57)(H,47,55)(H,48,54)(H,49,58)(H,50,56)(H,59,60)(H,61,62). The minimum atomic E-state index is -1.79. The number of carbonyl (C=O) groups is 9. The van der Waals surface area contributed by atoms with Crippen LogP contribution in [0.5, 0.6) is 0 Å². The zero-order valence-electron chi connectivity index (χ0n) is 37.4. The number of likely N-dealkylation sites (N-methyl/N-ethyl adjacent to an activating group) is 1. The first-order valence-corrected chi connectivity index (χ1v) is 20.6. The molecule has 7 amide bonds. The minimum absolute atomic E-state index is 0.0845. The van der Waals surface area contributed by atoms with E-state index in [0.29, 0.717) is 6.42 Å². The third-order valence-electron chi connectivity index (χ3n) is 10.6. The second-order valence-corrected chi connectivity index (χ2v) is 16.1. The highest BCUT2D eigenvalue weighted by atomic mass is 16.5. The Morgan fingerprint density at radius 1 is 0.825 bits per heavy atom. The summed E-state index contributed by atoms with van der Waals surface area (Å²) in [6.07, 6.45) is 3.93. The highest BCUT2D eigenvalue weighted by molar-refractivity contribution is 6.00. The number of carbonyl (C=O) groups excluding carboxylic acids is 7. The van der Waals surface area contributed by atoms with Gasteiger partial charge < -0.3 is 51.8 Å². The molecule has 1 fully saturated rings. The maximum atomic E-state index is 13.7. The van der Waals surface area contributed by atoms with E-state index in [9.17, 15) is 53.4 Å². The average molecular weight is 882 g/mol. The Balaban J connectivity index is 2.52. The van der Waals surface area contributed by atoms with E-state index in [1.54, 1.807) is 27.0 Å². The van der Waals surface area contributed by atoms with Crippen LogP contribution in [0.1, 0.15) is 73.3 Å². The van der Waals surface area contributed by atoms with Crippen LogP contribution in [-0.4, -0.2) is 125 Å². The molecule has 1 aliphatic heterocycles. The molecular formula is C44H63N7O12. The van der Waals surface area contributed by atoms with E-state index in [4.69, 9.17) is 4.74 Å². The first-order chi connectivity index (χ1) is 29.5. The lowest BCUT2D eigenvalue weighted by Gasteiger charge is -2.26. The topological polar surface area (TPSA) is 279 Å². The SMILES string of the molecule is C=C1C(=O)NC(C)C(=O)NC(C(C)C)C(=O)NC(C(=O)O)CC(=O)NC(C)C(=O)NC(C=CC(C)=CC(C)C(Cc2ccccc2)OC)C(C)C(=O)NC(C(=O)O)CCC(=O)N1C. The fourth-order valence-corrected chi connectivity index (χ4v) is 6.43. The summed E-state index contributed by atoms with van der Waals surface area (Å²) in [6, 6.07) is 1.39. The van der Waals surface area contributed by atoms with E-state index in [1.807, 2.05) is 50.3 Å². The van der Waals surface area contributed by atoms with Crippen molar-refractivity contribution in [3.8, 4) is 0 Å². The molecule has 0 spiro atoms. The van der Waals surface area contributed by atoms with Gasteiger partial charge in [0.2, 0.25) is 35.4 Å². The maximum absolute atomic E-state index is 13.7. The third kappa shape index (κ3) is 16.8. The number of rotatable bonds is 10. The van der Waals surface area contributed by atoms with Crippen molar-refractivity contribution in [3.05, 3.63) is 72.0 Å². The molecule has 0 bridgehead atoms. The van der Waals surface area contributed by atoms with Gasteiger partial charge in [-0.15, -0.1) is 0 Å². The molecule has 8 N–H and O–H groups in total. The monoisotopic (exact) mass is 881 g/mol. The van der Waals surface area contributed by atoms with Crippen LogP contribution >= 0.6 is 0 Å². The molecule has 0 radical (unpaired) electrons. The van der Waals surface area contributed by atoms with Crippen molar-refractivity contribution in [1.29, 1.82) is 0 Å². The van der Waals surface area contributed by atoms with Gasteiger partial charge in [-0.05, 0) is 45.1 Å². The lowest BCUT2D eigenvalue weighted by atomic mass is 9.94. The van der Waals surface area contributed by atoms with Crippen LogP contribution in [0.3, 0.4) is 0 Å². The largest absolute Gasteiger partial charge is 0.480 e. The van der Waals surface area contributed by atoms with E-state index >= 15 is 0 Å². The van der Waals surface area contributed by atoms with Crippen molar-refractivity contribution in [3.63, 3.8) is 0 Å². The number of aliphatic carboxylic acids is 2. The summed E-state index contributed by atoms with van der Waals surface area (Å²) in [7, 11) is 2.83. The number of carboxylic acids is 2. The molecule has 0 aromatic heterocycles. The molecule has 0 saturated carbocycles. The molecule has 9 unspecified atom stereocenters. The average Bonchev–Trinajstić information content (AvgIpc) is 3.22. The number of ether oxygens (including phenoxy) is 1. The van der Waals surface area contributed by atoms with Crippen LogP contribution in [0.4, 0.5) is 0 Å². The molecule has 19 heteroatoms. The summed E-state index contributed by atoms with van der Waals surface area (Å²) >= 11 is 0. The summed E-state index contributed by atoms with van der Waals surface area (Å²) in [5.74, 6) is -10.9.